The first-order valence-electron chi connectivity index (χ1n) is 4.70. The molecule has 0 fully saturated rings. The van der Waals surface area contributed by atoms with Crippen molar-refractivity contribution in [3.63, 3.8) is 0 Å². The minimum atomic E-state index is -3.22. The van der Waals surface area contributed by atoms with Gasteiger partial charge in [0.15, 0.2) is 0 Å². The Balaban J connectivity index is 3.26. The second kappa shape index (κ2) is 7.33. The van der Waals surface area contributed by atoms with Crippen molar-refractivity contribution in [2.24, 2.45) is 0 Å². The number of hydrogen-bond acceptors (Lipinski definition) is 3. The zero-order valence-electron chi connectivity index (χ0n) is 8.29. The van der Waals surface area contributed by atoms with E-state index >= 15 is 0 Å². The van der Waals surface area contributed by atoms with Crippen molar-refractivity contribution in [1.29, 1.82) is 0 Å². The molecule has 0 aliphatic heterocycles. The number of rotatable bonds is 8. The van der Waals surface area contributed by atoms with Gasteiger partial charge in [0.1, 0.15) is 0 Å². The maximum atomic E-state index is 10.9. The predicted molar refractivity (Wildman–Crippen MR) is 53.9 cm³/mol. The predicted octanol–water partition coefficient (Wildman–Crippen LogP) is 2.14. The first-order chi connectivity index (χ1) is 6.12. The largest absolute Gasteiger partial charge is 0.273 e. The van der Waals surface area contributed by atoms with Crippen LogP contribution >= 0.6 is 0 Å². The fraction of sp³-hybridized carbons (Fsp3) is 0.889. The molecule has 0 aliphatic carbocycles. The summed E-state index contributed by atoms with van der Waals surface area (Å²) >= 11 is 0. The Labute approximate surface area is 81.6 Å². The number of unbranched alkanes of at least 4 members (excludes halogenated alkanes) is 5. The molecular formula is C9H19O3S. The highest BCUT2D eigenvalue weighted by molar-refractivity contribution is 7.86. The quantitative estimate of drug-likeness (QED) is 0.452. The summed E-state index contributed by atoms with van der Waals surface area (Å²) in [6.07, 6.45) is 6.01. The lowest BCUT2D eigenvalue weighted by Gasteiger charge is -2.01. The van der Waals surface area contributed by atoms with Crippen molar-refractivity contribution in [1.82, 2.24) is 0 Å². The van der Waals surface area contributed by atoms with E-state index in [2.05, 4.69) is 11.1 Å². The van der Waals surface area contributed by atoms with Gasteiger partial charge in [0.25, 0.3) is 10.1 Å². The fourth-order valence-corrected chi connectivity index (χ4v) is 1.79. The van der Waals surface area contributed by atoms with Crippen molar-refractivity contribution >= 4 is 10.1 Å². The Morgan fingerprint density at radius 3 is 2.15 bits per heavy atom. The third-order valence-electron chi connectivity index (χ3n) is 1.90. The summed E-state index contributed by atoms with van der Waals surface area (Å²) in [6.45, 7) is 3.74. The molecule has 0 aromatic rings. The normalized spacial score (nSPS) is 11.8. The van der Waals surface area contributed by atoms with Crippen LogP contribution in [0.4, 0.5) is 0 Å². The summed E-state index contributed by atoms with van der Waals surface area (Å²) in [7, 11) is -2.02. The monoisotopic (exact) mass is 207 g/mol. The van der Waals surface area contributed by atoms with Gasteiger partial charge in [-0.3, -0.25) is 4.18 Å². The van der Waals surface area contributed by atoms with Crippen molar-refractivity contribution in [3.8, 4) is 0 Å². The Bertz CT molecular complexity index is 197. The average Bonchev–Trinajstić information content (AvgIpc) is 2.11. The molecule has 0 bridgehead atoms. The van der Waals surface area contributed by atoms with E-state index < -0.39 is 10.1 Å². The van der Waals surface area contributed by atoms with E-state index in [1.807, 2.05) is 0 Å². The van der Waals surface area contributed by atoms with Crippen molar-refractivity contribution in [3.05, 3.63) is 6.92 Å². The molecule has 1 radical (unpaired) electrons. The van der Waals surface area contributed by atoms with E-state index in [1.54, 1.807) is 0 Å². The molecule has 0 saturated heterocycles. The molecule has 4 heteroatoms. The Morgan fingerprint density at radius 1 is 1.08 bits per heavy atom. The summed E-state index contributed by atoms with van der Waals surface area (Å²) in [4.78, 5) is 0. The van der Waals surface area contributed by atoms with Gasteiger partial charge in [-0.05, 0) is 6.42 Å². The van der Waals surface area contributed by atoms with Crippen LogP contribution in [0.1, 0.15) is 38.5 Å². The van der Waals surface area contributed by atoms with Gasteiger partial charge in [-0.15, -0.1) is 0 Å². The van der Waals surface area contributed by atoms with E-state index in [4.69, 9.17) is 0 Å². The van der Waals surface area contributed by atoms with E-state index in [0.717, 1.165) is 32.1 Å². The van der Waals surface area contributed by atoms with Crippen LogP contribution in [0, 0.1) is 6.92 Å². The lowest BCUT2D eigenvalue weighted by atomic mass is 10.1. The lowest BCUT2D eigenvalue weighted by Crippen LogP contribution is -2.07. The minimum absolute atomic E-state index is 0.147. The summed E-state index contributed by atoms with van der Waals surface area (Å²) in [5, 5.41) is 0. The summed E-state index contributed by atoms with van der Waals surface area (Å²) in [6, 6.07) is 0. The first kappa shape index (κ1) is 12.9. The molecule has 79 valence electrons. The van der Waals surface area contributed by atoms with Crippen LogP contribution in [0.2, 0.25) is 0 Å². The van der Waals surface area contributed by atoms with Gasteiger partial charge in [0.05, 0.1) is 12.9 Å². The molecule has 0 saturated carbocycles. The smallest absolute Gasteiger partial charge is 0.267 e. The third-order valence-corrected chi connectivity index (χ3v) is 3.19. The van der Waals surface area contributed by atoms with E-state index in [0.29, 0.717) is 6.42 Å². The molecule has 0 unspecified atom stereocenters. The lowest BCUT2D eigenvalue weighted by molar-refractivity contribution is 0.396. The average molecular weight is 207 g/mol. The van der Waals surface area contributed by atoms with E-state index in [1.165, 1.54) is 7.11 Å². The van der Waals surface area contributed by atoms with Crippen LogP contribution in [0.5, 0.6) is 0 Å². The zero-order chi connectivity index (χ0) is 10.2. The van der Waals surface area contributed by atoms with Gasteiger partial charge in [-0.1, -0.05) is 39.0 Å². The minimum Gasteiger partial charge on any atom is -0.273 e. The molecule has 0 aromatic heterocycles. The van der Waals surface area contributed by atoms with Crippen molar-refractivity contribution < 1.29 is 12.6 Å². The highest BCUT2D eigenvalue weighted by Gasteiger charge is 2.06. The molecule has 0 heterocycles. The molecule has 13 heavy (non-hydrogen) atoms. The Morgan fingerprint density at radius 2 is 1.62 bits per heavy atom. The molecule has 0 aromatic carbocycles. The number of hydrogen-bond donors (Lipinski definition) is 0. The molecule has 0 N–H and O–H groups in total. The molecule has 0 aliphatic rings. The standard InChI is InChI=1S/C9H19O3S/c1-3-4-5-6-7-8-9-13(10,11)12-2/h1,3-9H2,2H3. The maximum absolute atomic E-state index is 10.9. The second-order valence-corrected chi connectivity index (χ2v) is 4.91. The topological polar surface area (TPSA) is 43.4 Å². The Kier molecular flexibility index (Phi) is 7.28. The van der Waals surface area contributed by atoms with Gasteiger partial charge in [0, 0.05) is 0 Å². The van der Waals surface area contributed by atoms with Gasteiger partial charge in [0.2, 0.25) is 0 Å². The SMILES string of the molecule is [CH2]CCCCCCCS(=O)(=O)OC. The maximum Gasteiger partial charge on any atom is 0.267 e. The Hall–Kier alpha value is -0.0900. The second-order valence-electron chi connectivity index (χ2n) is 3.05. The third kappa shape index (κ3) is 8.25. The summed E-state index contributed by atoms with van der Waals surface area (Å²) in [5.74, 6) is 0.147. The summed E-state index contributed by atoms with van der Waals surface area (Å²) in [5.41, 5.74) is 0. The van der Waals surface area contributed by atoms with Gasteiger partial charge in [-0.2, -0.15) is 8.42 Å². The van der Waals surface area contributed by atoms with Crippen LogP contribution < -0.4 is 0 Å². The molecule has 0 spiro atoms. The van der Waals surface area contributed by atoms with Crippen LogP contribution in [-0.4, -0.2) is 21.3 Å². The van der Waals surface area contributed by atoms with E-state index in [9.17, 15) is 8.42 Å². The molecular weight excluding hydrogens is 188 g/mol. The molecule has 0 rings (SSSR count). The van der Waals surface area contributed by atoms with Gasteiger partial charge >= 0.3 is 0 Å². The molecule has 3 nitrogen and oxygen atoms in total. The van der Waals surface area contributed by atoms with Crippen LogP contribution in [0.25, 0.3) is 0 Å². The van der Waals surface area contributed by atoms with Crippen LogP contribution in [0.3, 0.4) is 0 Å². The van der Waals surface area contributed by atoms with Crippen LogP contribution in [-0.2, 0) is 14.3 Å². The van der Waals surface area contributed by atoms with Crippen LogP contribution in [0.15, 0.2) is 0 Å². The van der Waals surface area contributed by atoms with E-state index in [-0.39, 0.29) is 5.75 Å². The fourth-order valence-electron chi connectivity index (χ4n) is 1.07. The van der Waals surface area contributed by atoms with Gasteiger partial charge in [-0.25, -0.2) is 0 Å². The van der Waals surface area contributed by atoms with Crippen molar-refractivity contribution in [2.45, 2.75) is 38.5 Å². The first-order valence-corrected chi connectivity index (χ1v) is 6.27. The molecule has 0 amide bonds. The highest BCUT2D eigenvalue weighted by atomic mass is 32.2. The van der Waals surface area contributed by atoms with Crippen molar-refractivity contribution in [2.75, 3.05) is 12.9 Å². The zero-order valence-corrected chi connectivity index (χ0v) is 9.11. The van der Waals surface area contributed by atoms with Gasteiger partial charge < -0.3 is 0 Å². The molecule has 0 atom stereocenters. The summed E-state index contributed by atoms with van der Waals surface area (Å²) < 4.78 is 26.0. The highest BCUT2D eigenvalue weighted by Crippen LogP contribution is 2.06.